The zero-order valence-corrected chi connectivity index (χ0v) is 11.8. The third kappa shape index (κ3) is 3.83. The number of ether oxygens (including phenoxy) is 3. The van der Waals surface area contributed by atoms with Crippen molar-refractivity contribution in [2.45, 2.75) is 19.6 Å². The first-order valence-corrected chi connectivity index (χ1v) is 5.98. The lowest BCUT2D eigenvalue weighted by atomic mass is 10.2. The fourth-order valence-corrected chi connectivity index (χ4v) is 1.59. The van der Waals surface area contributed by atoms with Crippen LogP contribution in [0.15, 0.2) is 10.7 Å². The first-order chi connectivity index (χ1) is 8.10. The van der Waals surface area contributed by atoms with E-state index >= 15 is 0 Å². The summed E-state index contributed by atoms with van der Waals surface area (Å²) >= 11 is 3.36. The normalized spacial score (nSPS) is 10.9. The topological polar surface area (TPSA) is 66.6 Å². The molecule has 0 saturated carbocycles. The highest BCUT2D eigenvalue weighted by Crippen LogP contribution is 2.28. The molecule has 0 saturated heterocycles. The van der Waals surface area contributed by atoms with E-state index in [2.05, 4.69) is 20.9 Å². The molecule has 0 atom stereocenters. The quantitative estimate of drug-likeness (QED) is 0.816. The van der Waals surface area contributed by atoms with Crippen LogP contribution in [-0.4, -0.2) is 32.1 Å². The van der Waals surface area contributed by atoms with Gasteiger partial charge in [0.15, 0.2) is 6.29 Å². The van der Waals surface area contributed by atoms with Gasteiger partial charge in [-0.25, -0.2) is 4.98 Å². The van der Waals surface area contributed by atoms with Crippen LogP contribution in [0.25, 0.3) is 0 Å². The van der Waals surface area contributed by atoms with Gasteiger partial charge in [0.2, 0.25) is 5.88 Å². The average Bonchev–Trinajstić information content (AvgIpc) is 2.34. The molecular weight excluding hydrogens is 288 g/mol. The summed E-state index contributed by atoms with van der Waals surface area (Å²) in [5, 5.41) is 0. The number of hydrogen-bond acceptors (Lipinski definition) is 5. The minimum absolute atomic E-state index is 0.271. The lowest BCUT2D eigenvalue weighted by Crippen LogP contribution is -2.17. The van der Waals surface area contributed by atoms with Gasteiger partial charge in [-0.1, -0.05) is 0 Å². The van der Waals surface area contributed by atoms with Crippen molar-refractivity contribution >= 4 is 21.6 Å². The number of hydrogen-bond donors (Lipinski definition) is 1. The molecule has 0 aliphatic rings. The monoisotopic (exact) mass is 304 g/mol. The Morgan fingerprint density at radius 3 is 2.65 bits per heavy atom. The fourth-order valence-electron chi connectivity index (χ4n) is 1.27. The molecule has 0 amide bonds. The highest BCUT2D eigenvalue weighted by molar-refractivity contribution is 9.10. The van der Waals surface area contributed by atoms with Gasteiger partial charge in [0.05, 0.1) is 12.3 Å². The third-order valence-electron chi connectivity index (χ3n) is 2.41. The molecule has 0 fully saturated rings. The highest BCUT2D eigenvalue weighted by Gasteiger charge is 2.10. The summed E-state index contributed by atoms with van der Waals surface area (Å²) in [4.78, 5) is 4.11. The molecule has 5 nitrogen and oxygen atoms in total. The van der Waals surface area contributed by atoms with Crippen LogP contribution >= 0.6 is 15.9 Å². The molecule has 96 valence electrons. The van der Waals surface area contributed by atoms with Crippen LogP contribution in [-0.2, 0) is 9.47 Å². The highest BCUT2D eigenvalue weighted by atomic mass is 79.9. The maximum absolute atomic E-state index is 5.89. The zero-order valence-electron chi connectivity index (χ0n) is 10.2. The minimum atomic E-state index is -0.271. The van der Waals surface area contributed by atoms with Gasteiger partial charge < -0.3 is 19.9 Å². The molecular formula is C11H17BrN2O3. The SMILES string of the molecule is COC(CCOc1ncc(Br)c(C)c1N)OC. The van der Waals surface area contributed by atoms with Crippen molar-refractivity contribution in [3.8, 4) is 5.88 Å². The van der Waals surface area contributed by atoms with Gasteiger partial charge >= 0.3 is 0 Å². The van der Waals surface area contributed by atoms with Crippen molar-refractivity contribution in [2.75, 3.05) is 26.6 Å². The van der Waals surface area contributed by atoms with E-state index in [1.165, 1.54) is 0 Å². The lowest BCUT2D eigenvalue weighted by molar-refractivity contribution is -0.110. The van der Waals surface area contributed by atoms with Gasteiger partial charge in [-0.05, 0) is 28.4 Å². The molecule has 0 radical (unpaired) electrons. The summed E-state index contributed by atoms with van der Waals surface area (Å²) < 4.78 is 16.5. The molecule has 0 aliphatic carbocycles. The van der Waals surface area contributed by atoms with Gasteiger partial charge in [-0.2, -0.15) is 0 Å². The van der Waals surface area contributed by atoms with Crippen molar-refractivity contribution in [2.24, 2.45) is 0 Å². The van der Waals surface area contributed by atoms with Crippen molar-refractivity contribution < 1.29 is 14.2 Å². The number of aromatic nitrogens is 1. The fraction of sp³-hybridized carbons (Fsp3) is 0.545. The van der Waals surface area contributed by atoms with Crippen molar-refractivity contribution in [1.82, 2.24) is 4.98 Å². The first kappa shape index (κ1) is 14.2. The summed E-state index contributed by atoms with van der Waals surface area (Å²) in [6, 6.07) is 0. The van der Waals surface area contributed by atoms with E-state index in [1.54, 1.807) is 20.4 Å². The predicted molar refractivity (Wildman–Crippen MR) is 69.0 cm³/mol. The Morgan fingerprint density at radius 1 is 1.41 bits per heavy atom. The Labute approximate surface area is 109 Å². The van der Waals surface area contributed by atoms with Gasteiger partial charge in [-0.15, -0.1) is 0 Å². The second-order valence-corrected chi connectivity index (χ2v) is 4.34. The molecule has 0 spiro atoms. The molecule has 1 aromatic rings. The van der Waals surface area contributed by atoms with Gasteiger partial charge in [-0.3, -0.25) is 0 Å². The van der Waals surface area contributed by atoms with E-state index in [-0.39, 0.29) is 6.29 Å². The number of halogens is 1. The molecule has 2 N–H and O–H groups in total. The van der Waals surface area contributed by atoms with E-state index in [0.717, 1.165) is 10.0 Å². The predicted octanol–water partition coefficient (Wildman–Crippen LogP) is 2.12. The summed E-state index contributed by atoms with van der Waals surface area (Å²) in [7, 11) is 3.18. The number of nitrogens with zero attached hydrogens (tertiary/aromatic N) is 1. The first-order valence-electron chi connectivity index (χ1n) is 5.19. The van der Waals surface area contributed by atoms with Crippen LogP contribution in [0, 0.1) is 6.92 Å². The second kappa shape index (κ2) is 6.78. The minimum Gasteiger partial charge on any atom is -0.476 e. The van der Waals surface area contributed by atoms with Crippen LogP contribution in [0.5, 0.6) is 5.88 Å². The van der Waals surface area contributed by atoms with Crippen LogP contribution in [0.2, 0.25) is 0 Å². The standard InChI is InChI=1S/C11H17BrN2O3/c1-7-8(12)6-14-11(10(7)13)17-5-4-9(15-2)16-3/h6,9H,4-5,13H2,1-3H3. The summed E-state index contributed by atoms with van der Waals surface area (Å²) in [6.45, 7) is 2.34. The average molecular weight is 305 g/mol. The van der Waals surface area contributed by atoms with Crippen LogP contribution < -0.4 is 10.5 Å². The number of rotatable bonds is 6. The summed E-state index contributed by atoms with van der Waals surface area (Å²) in [6.07, 6.45) is 2.02. The van der Waals surface area contributed by atoms with Crippen molar-refractivity contribution in [3.05, 3.63) is 16.2 Å². The van der Waals surface area contributed by atoms with Gasteiger partial charge in [0.25, 0.3) is 0 Å². The Bertz CT molecular complexity index is 370. The van der Waals surface area contributed by atoms with E-state index in [1.807, 2.05) is 6.92 Å². The molecule has 0 aromatic carbocycles. The smallest absolute Gasteiger partial charge is 0.237 e. The van der Waals surface area contributed by atoms with Crippen LogP contribution in [0.3, 0.4) is 0 Å². The van der Waals surface area contributed by atoms with Crippen molar-refractivity contribution in [3.63, 3.8) is 0 Å². The van der Waals surface area contributed by atoms with Gasteiger partial charge in [0.1, 0.15) is 0 Å². The van der Waals surface area contributed by atoms with Gasteiger partial charge in [0, 0.05) is 31.3 Å². The number of pyridine rings is 1. The number of nitrogens with two attached hydrogens (primary N) is 1. The molecule has 1 heterocycles. The maximum atomic E-state index is 5.89. The molecule has 0 unspecified atom stereocenters. The van der Waals surface area contributed by atoms with E-state index in [0.29, 0.717) is 24.6 Å². The maximum Gasteiger partial charge on any atom is 0.237 e. The molecule has 1 rings (SSSR count). The van der Waals surface area contributed by atoms with Crippen molar-refractivity contribution in [1.29, 1.82) is 0 Å². The Kier molecular flexibility index (Phi) is 5.67. The summed E-state index contributed by atoms with van der Waals surface area (Å²) in [5.41, 5.74) is 7.35. The zero-order chi connectivity index (χ0) is 12.8. The Balaban J connectivity index is 2.55. The number of anilines is 1. The van der Waals surface area contributed by atoms with E-state index in [4.69, 9.17) is 19.9 Å². The van der Waals surface area contributed by atoms with E-state index < -0.39 is 0 Å². The molecule has 6 heteroatoms. The molecule has 1 aromatic heterocycles. The van der Waals surface area contributed by atoms with Crippen LogP contribution in [0.4, 0.5) is 5.69 Å². The summed E-state index contributed by atoms with van der Waals surface area (Å²) in [5.74, 6) is 0.441. The second-order valence-electron chi connectivity index (χ2n) is 3.49. The van der Waals surface area contributed by atoms with E-state index in [9.17, 15) is 0 Å². The Morgan fingerprint density at radius 2 is 2.06 bits per heavy atom. The largest absolute Gasteiger partial charge is 0.476 e. The molecule has 0 bridgehead atoms. The molecule has 0 aliphatic heterocycles. The Hall–Kier alpha value is -0.850. The lowest BCUT2D eigenvalue weighted by Gasteiger charge is -2.14. The molecule has 17 heavy (non-hydrogen) atoms. The third-order valence-corrected chi connectivity index (χ3v) is 3.21. The number of nitrogen functional groups attached to an aromatic ring is 1. The number of methoxy groups -OCH3 is 2. The van der Waals surface area contributed by atoms with Crippen LogP contribution in [0.1, 0.15) is 12.0 Å².